The summed E-state index contributed by atoms with van der Waals surface area (Å²) in [5, 5.41) is 8.86. The fraction of sp³-hybridized carbons (Fsp3) is 0.800. The molecule has 15 heavy (non-hydrogen) atoms. The lowest BCUT2D eigenvalue weighted by Gasteiger charge is -2.34. The lowest BCUT2D eigenvalue weighted by molar-refractivity contribution is -0.151. The van der Waals surface area contributed by atoms with E-state index in [0.717, 1.165) is 12.8 Å². The van der Waals surface area contributed by atoms with Crippen molar-refractivity contribution < 1.29 is 14.7 Å². The lowest BCUT2D eigenvalue weighted by Crippen LogP contribution is -2.50. The Morgan fingerprint density at radius 1 is 1.47 bits per heavy atom. The molecule has 1 heterocycles. The number of carbonyl (C=O) groups is 2. The van der Waals surface area contributed by atoms with Gasteiger partial charge < -0.3 is 10.0 Å². The molecule has 0 bridgehead atoms. The van der Waals surface area contributed by atoms with Crippen LogP contribution in [-0.2, 0) is 9.59 Å². The number of hydrogen-bond donors (Lipinski definition) is 1. The third kappa shape index (κ3) is 2.87. The maximum Gasteiger partial charge on any atom is 0.326 e. The van der Waals surface area contributed by atoms with Gasteiger partial charge in [0, 0.05) is 6.54 Å². The van der Waals surface area contributed by atoms with Gasteiger partial charge in [0.2, 0.25) is 5.91 Å². The number of nitrogens with zero attached hydrogens (tertiary/aromatic N) is 1. The van der Waals surface area contributed by atoms with Crippen LogP contribution in [0.5, 0.6) is 0 Å². The predicted molar refractivity (Wildman–Crippen MR) is 60.0 cm³/mol. The van der Waals surface area contributed by atoms with Crippen molar-refractivity contribution >= 4 is 23.6 Å². The first kappa shape index (κ1) is 12.4. The maximum atomic E-state index is 11.9. The SMILES string of the molecule is CSC(C)C(=O)N1CCCC[C@@H]1C(=O)O. The Balaban J connectivity index is 2.71. The first-order valence-electron chi connectivity index (χ1n) is 5.14. The van der Waals surface area contributed by atoms with E-state index in [1.165, 1.54) is 16.7 Å². The van der Waals surface area contributed by atoms with Gasteiger partial charge >= 0.3 is 5.97 Å². The Morgan fingerprint density at radius 2 is 2.13 bits per heavy atom. The van der Waals surface area contributed by atoms with Crippen LogP contribution in [0.15, 0.2) is 0 Å². The first-order valence-corrected chi connectivity index (χ1v) is 6.42. The number of hydrogen-bond acceptors (Lipinski definition) is 3. The molecule has 86 valence electrons. The number of carbonyl (C=O) groups excluding carboxylic acids is 1. The number of carboxylic acids is 1. The van der Waals surface area contributed by atoms with E-state index in [1.807, 2.05) is 13.2 Å². The molecule has 0 aliphatic carbocycles. The van der Waals surface area contributed by atoms with Crippen LogP contribution < -0.4 is 0 Å². The predicted octanol–water partition coefficient (Wildman–Crippen LogP) is 1.20. The Bertz CT molecular complexity index is 257. The Labute approximate surface area is 94.0 Å². The van der Waals surface area contributed by atoms with Gasteiger partial charge in [0.25, 0.3) is 0 Å². The van der Waals surface area contributed by atoms with E-state index in [4.69, 9.17) is 5.11 Å². The van der Waals surface area contributed by atoms with Gasteiger partial charge in [-0.2, -0.15) is 11.8 Å². The molecule has 1 aliphatic heterocycles. The van der Waals surface area contributed by atoms with Crippen molar-refractivity contribution in [3.8, 4) is 0 Å². The fourth-order valence-electron chi connectivity index (χ4n) is 1.79. The van der Waals surface area contributed by atoms with Gasteiger partial charge in [0.1, 0.15) is 6.04 Å². The number of rotatable bonds is 3. The summed E-state index contributed by atoms with van der Waals surface area (Å²) in [5.74, 6) is -0.925. The second-order valence-electron chi connectivity index (χ2n) is 3.76. The maximum absolute atomic E-state index is 11.9. The van der Waals surface area contributed by atoms with Crippen molar-refractivity contribution in [2.45, 2.75) is 37.5 Å². The average Bonchev–Trinajstić information content (AvgIpc) is 2.27. The third-order valence-corrected chi connectivity index (χ3v) is 3.68. The van der Waals surface area contributed by atoms with Crippen molar-refractivity contribution in [2.24, 2.45) is 0 Å². The summed E-state index contributed by atoms with van der Waals surface area (Å²) in [6, 6.07) is -0.610. The van der Waals surface area contributed by atoms with Crippen molar-refractivity contribution in [2.75, 3.05) is 12.8 Å². The molecule has 0 spiro atoms. The van der Waals surface area contributed by atoms with Crippen molar-refractivity contribution in [3.05, 3.63) is 0 Å². The summed E-state index contributed by atoms with van der Waals surface area (Å²) >= 11 is 1.46. The Hall–Kier alpha value is -0.710. The molecule has 1 aliphatic rings. The lowest BCUT2D eigenvalue weighted by atomic mass is 10.0. The quantitative estimate of drug-likeness (QED) is 0.793. The summed E-state index contributed by atoms with van der Waals surface area (Å²) in [6.07, 6.45) is 4.26. The smallest absolute Gasteiger partial charge is 0.326 e. The van der Waals surface area contributed by atoms with Gasteiger partial charge in [-0.1, -0.05) is 0 Å². The van der Waals surface area contributed by atoms with E-state index < -0.39 is 12.0 Å². The molecule has 1 rings (SSSR count). The van der Waals surface area contributed by atoms with Crippen LogP contribution in [0.2, 0.25) is 0 Å². The van der Waals surface area contributed by atoms with E-state index in [9.17, 15) is 9.59 Å². The molecular formula is C10H17NO3S. The van der Waals surface area contributed by atoms with E-state index in [-0.39, 0.29) is 11.2 Å². The van der Waals surface area contributed by atoms with Crippen LogP contribution in [0.25, 0.3) is 0 Å². The first-order chi connectivity index (χ1) is 7.07. The van der Waals surface area contributed by atoms with Crippen molar-refractivity contribution in [3.63, 3.8) is 0 Å². The Kier molecular flexibility index (Phi) is 4.45. The number of amides is 1. The Morgan fingerprint density at radius 3 is 2.67 bits per heavy atom. The summed E-state index contributed by atoms with van der Waals surface area (Å²) < 4.78 is 0. The normalized spacial score (nSPS) is 23.6. The molecule has 1 amide bonds. The van der Waals surface area contributed by atoms with Gasteiger partial charge in [0.15, 0.2) is 0 Å². The topological polar surface area (TPSA) is 57.6 Å². The van der Waals surface area contributed by atoms with Gasteiger partial charge in [-0.25, -0.2) is 4.79 Å². The number of piperidine rings is 1. The van der Waals surface area contributed by atoms with Crippen molar-refractivity contribution in [1.29, 1.82) is 0 Å². The molecule has 0 radical (unpaired) electrons. The third-order valence-electron chi connectivity index (χ3n) is 2.77. The second kappa shape index (κ2) is 5.39. The average molecular weight is 231 g/mol. The van der Waals surface area contributed by atoms with Gasteiger partial charge in [-0.05, 0) is 32.4 Å². The molecule has 1 fully saturated rings. The molecule has 0 saturated carbocycles. The highest BCUT2D eigenvalue weighted by Gasteiger charge is 2.33. The molecule has 5 heteroatoms. The van der Waals surface area contributed by atoms with Gasteiger partial charge in [0.05, 0.1) is 5.25 Å². The highest BCUT2D eigenvalue weighted by Crippen LogP contribution is 2.20. The minimum absolute atomic E-state index is 0.0467. The van der Waals surface area contributed by atoms with Gasteiger partial charge in [-0.15, -0.1) is 0 Å². The highest BCUT2D eigenvalue weighted by atomic mass is 32.2. The minimum atomic E-state index is -0.878. The summed E-state index contributed by atoms with van der Waals surface area (Å²) in [6.45, 7) is 2.40. The van der Waals surface area contributed by atoms with Crippen LogP contribution >= 0.6 is 11.8 Å². The zero-order valence-corrected chi connectivity index (χ0v) is 9.92. The number of thioether (sulfide) groups is 1. The summed E-state index contributed by atoms with van der Waals surface area (Å²) in [7, 11) is 0. The van der Waals surface area contributed by atoms with Crippen LogP contribution in [-0.4, -0.2) is 46.0 Å². The molecule has 2 atom stereocenters. The standard InChI is InChI=1S/C10H17NO3S/c1-7(15-2)9(12)11-6-4-3-5-8(11)10(13)14/h7-8H,3-6H2,1-2H3,(H,13,14)/t7?,8-/m1/s1. The van der Waals surface area contributed by atoms with E-state index in [0.29, 0.717) is 13.0 Å². The van der Waals surface area contributed by atoms with Crippen molar-refractivity contribution in [1.82, 2.24) is 4.90 Å². The molecule has 0 aromatic heterocycles. The zero-order valence-electron chi connectivity index (χ0n) is 9.10. The molecule has 1 N–H and O–H groups in total. The van der Waals surface area contributed by atoms with Crippen LogP contribution in [0, 0.1) is 0 Å². The fourth-order valence-corrected chi connectivity index (χ4v) is 2.12. The largest absolute Gasteiger partial charge is 0.480 e. The number of carboxylic acid groups (broad SMARTS) is 1. The zero-order chi connectivity index (χ0) is 11.4. The van der Waals surface area contributed by atoms with E-state index in [2.05, 4.69) is 0 Å². The minimum Gasteiger partial charge on any atom is -0.480 e. The van der Waals surface area contributed by atoms with Gasteiger partial charge in [-0.3, -0.25) is 4.79 Å². The summed E-state index contributed by atoms with van der Waals surface area (Å²) in [5.41, 5.74) is 0. The number of aliphatic carboxylic acids is 1. The van der Waals surface area contributed by atoms with Crippen LogP contribution in [0.3, 0.4) is 0 Å². The molecule has 4 nitrogen and oxygen atoms in total. The molecule has 0 aromatic rings. The van der Waals surface area contributed by atoms with Crippen LogP contribution in [0.1, 0.15) is 26.2 Å². The number of likely N-dealkylation sites (tertiary alicyclic amines) is 1. The molecular weight excluding hydrogens is 214 g/mol. The van der Waals surface area contributed by atoms with Crippen LogP contribution in [0.4, 0.5) is 0 Å². The molecule has 0 aromatic carbocycles. The molecule has 1 saturated heterocycles. The monoisotopic (exact) mass is 231 g/mol. The molecule has 1 unspecified atom stereocenters. The second-order valence-corrected chi connectivity index (χ2v) is 4.94. The summed E-state index contributed by atoms with van der Waals surface area (Å²) in [4.78, 5) is 24.4. The van der Waals surface area contributed by atoms with E-state index >= 15 is 0 Å². The van der Waals surface area contributed by atoms with E-state index in [1.54, 1.807) is 0 Å². The highest BCUT2D eigenvalue weighted by molar-refractivity contribution is 7.99.